The van der Waals surface area contributed by atoms with E-state index >= 15 is 0 Å². The Hall–Kier alpha value is -2.33. The number of amides is 2. The van der Waals surface area contributed by atoms with Crippen LogP contribution in [0.15, 0.2) is 48.5 Å². The lowest BCUT2D eigenvalue weighted by molar-refractivity contribution is -0.132. The fourth-order valence-electron chi connectivity index (χ4n) is 3.10. The molecule has 1 aliphatic rings. The number of carbonyl (C=O) groups is 2. The van der Waals surface area contributed by atoms with E-state index in [1.54, 1.807) is 29.2 Å². The van der Waals surface area contributed by atoms with E-state index in [1.165, 1.54) is 11.1 Å². The molecular formula is C21H23ClN2O2. The maximum atomic E-state index is 12.5. The molecule has 4 nitrogen and oxygen atoms in total. The molecule has 1 heterocycles. The van der Waals surface area contributed by atoms with Gasteiger partial charge in [0.1, 0.15) is 0 Å². The SMILES string of the molecule is Cc1ccc(CCC(=O)N2CCN(C(=O)c3ccc(Cl)cc3)CC2)cc1. The molecule has 1 aliphatic heterocycles. The number of hydrogen-bond acceptors (Lipinski definition) is 2. The summed E-state index contributed by atoms with van der Waals surface area (Å²) < 4.78 is 0. The summed E-state index contributed by atoms with van der Waals surface area (Å²) in [5, 5.41) is 0.616. The molecule has 0 aromatic heterocycles. The molecule has 2 aromatic carbocycles. The van der Waals surface area contributed by atoms with Crippen molar-refractivity contribution >= 4 is 23.4 Å². The largest absolute Gasteiger partial charge is 0.339 e. The van der Waals surface area contributed by atoms with Crippen LogP contribution in [-0.4, -0.2) is 47.8 Å². The van der Waals surface area contributed by atoms with Crippen LogP contribution in [-0.2, 0) is 11.2 Å². The smallest absolute Gasteiger partial charge is 0.253 e. The van der Waals surface area contributed by atoms with Crippen molar-refractivity contribution in [1.82, 2.24) is 9.80 Å². The number of carbonyl (C=O) groups excluding carboxylic acids is 2. The zero-order valence-electron chi connectivity index (χ0n) is 15.0. The first-order valence-corrected chi connectivity index (χ1v) is 9.29. The van der Waals surface area contributed by atoms with Crippen molar-refractivity contribution in [1.29, 1.82) is 0 Å². The molecule has 0 bridgehead atoms. The van der Waals surface area contributed by atoms with Crippen LogP contribution in [0.25, 0.3) is 0 Å². The Morgan fingerprint density at radius 3 is 2.08 bits per heavy atom. The topological polar surface area (TPSA) is 40.6 Å². The second-order valence-electron chi connectivity index (χ2n) is 6.67. The fourth-order valence-corrected chi connectivity index (χ4v) is 3.22. The quantitative estimate of drug-likeness (QED) is 0.825. The summed E-state index contributed by atoms with van der Waals surface area (Å²) in [4.78, 5) is 28.6. The molecule has 0 saturated carbocycles. The highest BCUT2D eigenvalue weighted by atomic mass is 35.5. The molecule has 26 heavy (non-hydrogen) atoms. The van der Waals surface area contributed by atoms with Gasteiger partial charge >= 0.3 is 0 Å². The summed E-state index contributed by atoms with van der Waals surface area (Å²) in [5.74, 6) is 0.151. The number of halogens is 1. The third kappa shape index (κ3) is 4.64. The van der Waals surface area contributed by atoms with E-state index in [-0.39, 0.29) is 11.8 Å². The van der Waals surface area contributed by atoms with E-state index < -0.39 is 0 Å². The Bertz CT molecular complexity index is 764. The first-order valence-electron chi connectivity index (χ1n) is 8.91. The Morgan fingerprint density at radius 1 is 0.885 bits per heavy atom. The number of nitrogens with zero attached hydrogens (tertiary/aromatic N) is 2. The highest BCUT2D eigenvalue weighted by Crippen LogP contribution is 2.14. The minimum Gasteiger partial charge on any atom is -0.339 e. The van der Waals surface area contributed by atoms with Crippen molar-refractivity contribution in [3.63, 3.8) is 0 Å². The molecule has 2 amide bonds. The first kappa shape index (κ1) is 18.5. The molecule has 0 atom stereocenters. The maximum Gasteiger partial charge on any atom is 0.253 e. The van der Waals surface area contributed by atoms with E-state index in [0.717, 1.165) is 6.42 Å². The van der Waals surface area contributed by atoms with Gasteiger partial charge in [-0.2, -0.15) is 0 Å². The van der Waals surface area contributed by atoms with Crippen LogP contribution in [0.1, 0.15) is 27.9 Å². The van der Waals surface area contributed by atoms with Crippen LogP contribution < -0.4 is 0 Å². The van der Waals surface area contributed by atoms with Gasteiger partial charge in [-0.05, 0) is 43.2 Å². The Labute approximate surface area is 159 Å². The molecule has 1 fully saturated rings. The highest BCUT2D eigenvalue weighted by Gasteiger charge is 2.24. The highest BCUT2D eigenvalue weighted by molar-refractivity contribution is 6.30. The van der Waals surface area contributed by atoms with Gasteiger partial charge in [-0.3, -0.25) is 9.59 Å². The summed E-state index contributed by atoms with van der Waals surface area (Å²) in [6, 6.07) is 15.2. The van der Waals surface area contributed by atoms with Gasteiger partial charge in [0.25, 0.3) is 5.91 Å². The van der Waals surface area contributed by atoms with E-state index in [4.69, 9.17) is 11.6 Å². The average Bonchev–Trinajstić information content (AvgIpc) is 2.67. The van der Waals surface area contributed by atoms with Gasteiger partial charge < -0.3 is 9.80 Å². The molecule has 0 spiro atoms. The van der Waals surface area contributed by atoms with Crippen LogP contribution in [0.2, 0.25) is 5.02 Å². The minimum absolute atomic E-state index is 0.00609. The molecule has 2 aromatic rings. The van der Waals surface area contributed by atoms with Crippen LogP contribution in [0.5, 0.6) is 0 Å². The molecule has 3 rings (SSSR count). The Kier molecular flexibility index (Phi) is 5.94. The monoisotopic (exact) mass is 370 g/mol. The summed E-state index contributed by atoms with van der Waals surface area (Å²) in [5.41, 5.74) is 3.04. The van der Waals surface area contributed by atoms with Crippen LogP contribution >= 0.6 is 11.6 Å². The standard InChI is InChI=1S/C21H23ClN2O2/c1-16-2-4-17(5-3-16)6-11-20(25)23-12-14-24(15-13-23)21(26)18-7-9-19(22)10-8-18/h2-5,7-10H,6,11-15H2,1H3. The number of benzene rings is 2. The lowest BCUT2D eigenvalue weighted by atomic mass is 10.1. The van der Waals surface area contributed by atoms with Gasteiger partial charge in [0.2, 0.25) is 5.91 Å². The molecule has 136 valence electrons. The summed E-state index contributed by atoms with van der Waals surface area (Å²) in [6.07, 6.45) is 1.26. The van der Waals surface area contributed by atoms with Crippen molar-refractivity contribution < 1.29 is 9.59 Å². The normalized spacial score (nSPS) is 14.4. The third-order valence-electron chi connectivity index (χ3n) is 4.76. The van der Waals surface area contributed by atoms with Crippen molar-refractivity contribution in [3.8, 4) is 0 Å². The minimum atomic E-state index is -0.00609. The molecule has 0 radical (unpaired) electrons. The predicted octanol–water partition coefficient (Wildman–Crippen LogP) is 3.57. The number of piperazine rings is 1. The third-order valence-corrected chi connectivity index (χ3v) is 5.01. The van der Waals surface area contributed by atoms with E-state index in [9.17, 15) is 9.59 Å². The summed E-state index contributed by atoms with van der Waals surface area (Å²) in [7, 11) is 0. The molecule has 5 heteroatoms. The van der Waals surface area contributed by atoms with Crippen LogP contribution in [0.4, 0.5) is 0 Å². The number of hydrogen-bond donors (Lipinski definition) is 0. The number of aryl methyl sites for hydroxylation is 2. The Balaban J connectivity index is 1.48. The van der Waals surface area contributed by atoms with Gasteiger partial charge in [-0.25, -0.2) is 0 Å². The summed E-state index contributed by atoms with van der Waals surface area (Å²) in [6.45, 7) is 4.37. The van der Waals surface area contributed by atoms with Gasteiger partial charge in [-0.15, -0.1) is 0 Å². The number of rotatable bonds is 4. The van der Waals surface area contributed by atoms with Gasteiger partial charge in [-0.1, -0.05) is 41.4 Å². The first-order chi connectivity index (χ1) is 12.5. The zero-order chi connectivity index (χ0) is 18.5. The van der Waals surface area contributed by atoms with Crippen molar-refractivity contribution in [3.05, 3.63) is 70.2 Å². The molecule has 0 aliphatic carbocycles. The van der Waals surface area contributed by atoms with Crippen molar-refractivity contribution in [2.24, 2.45) is 0 Å². The Morgan fingerprint density at radius 2 is 1.46 bits per heavy atom. The predicted molar refractivity (Wildman–Crippen MR) is 103 cm³/mol. The molecular weight excluding hydrogens is 348 g/mol. The maximum absolute atomic E-state index is 12.5. The second-order valence-corrected chi connectivity index (χ2v) is 7.10. The van der Waals surface area contributed by atoms with Gasteiger partial charge in [0, 0.05) is 43.2 Å². The van der Waals surface area contributed by atoms with E-state index in [2.05, 4.69) is 31.2 Å². The van der Waals surface area contributed by atoms with E-state index in [0.29, 0.717) is 43.2 Å². The average molecular weight is 371 g/mol. The fraction of sp³-hybridized carbons (Fsp3) is 0.333. The van der Waals surface area contributed by atoms with Crippen molar-refractivity contribution in [2.75, 3.05) is 26.2 Å². The molecule has 1 saturated heterocycles. The lowest BCUT2D eigenvalue weighted by Gasteiger charge is -2.35. The van der Waals surface area contributed by atoms with E-state index in [1.807, 2.05) is 4.90 Å². The van der Waals surface area contributed by atoms with Crippen LogP contribution in [0, 0.1) is 6.92 Å². The molecule has 0 N–H and O–H groups in total. The van der Waals surface area contributed by atoms with Gasteiger partial charge in [0.05, 0.1) is 0 Å². The van der Waals surface area contributed by atoms with Crippen molar-refractivity contribution in [2.45, 2.75) is 19.8 Å². The summed E-state index contributed by atoms with van der Waals surface area (Å²) >= 11 is 5.87. The molecule has 0 unspecified atom stereocenters. The van der Waals surface area contributed by atoms with Gasteiger partial charge in [0.15, 0.2) is 0 Å². The lowest BCUT2D eigenvalue weighted by Crippen LogP contribution is -2.50. The zero-order valence-corrected chi connectivity index (χ0v) is 15.7. The second kappa shape index (κ2) is 8.37. The van der Waals surface area contributed by atoms with Crippen LogP contribution in [0.3, 0.4) is 0 Å².